The molecule has 3 heterocycles. The highest BCUT2D eigenvalue weighted by Gasteiger charge is 2.69. The molecule has 20 heteroatoms. The van der Waals surface area contributed by atoms with Gasteiger partial charge in [-0.1, -0.05) is 57.2 Å². The van der Waals surface area contributed by atoms with Crippen LogP contribution >= 0.6 is 0 Å². The summed E-state index contributed by atoms with van der Waals surface area (Å²) in [4.78, 5) is 27.7. The van der Waals surface area contributed by atoms with Gasteiger partial charge >= 0.3 is 5.97 Å². The average molecular weight is 966 g/mol. The van der Waals surface area contributed by atoms with Crippen LogP contribution in [0.5, 0.6) is 0 Å². The normalized spacial score (nSPS) is 47.4. The van der Waals surface area contributed by atoms with Crippen LogP contribution in [-0.2, 0) is 49.2 Å². The molecule has 0 aromatic heterocycles. The Morgan fingerprint density at radius 3 is 1.87 bits per heavy atom. The number of aliphatic hydroxyl groups excluding tert-OH is 10. The Bertz CT molecular complexity index is 1940. The summed E-state index contributed by atoms with van der Waals surface area (Å²) >= 11 is 0. The smallest absolute Gasteiger partial charge is 0.328 e. The van der Waals surface area contributed by atoms with E-state index in [1.807, 2.05) is 37.3 Å². The third-order valence-corrected chi connectivity index (χ3v) is 17.1. The van der Waals surface area contributed by atoms with Crippen LogP contribution in [0.25, 0.3) is 0 Å². The number of ether oxygens (including phenoxy) is 7. The maximum absolute atomic E-state index is 14.6. The van der Waals surface area contributed by atoms with Crippen LogP contribution in [-0.4, -0.2) is 194 Å². The van der Waals surface area contributed by atoms with Crippen LogP contribution in [0, 0.1) is 28.1 Å². The van der Waals surface area contributed by atoms with E-state index >= 15 is 0 Å². The van der Waals surface area contributed by atoms with E-state index in [0.29, 0.717) is 38.5 Å². The number of hydrogen-bond acceptors (Lipinski definition) is 19. The van der Waals surface area contributed by atoms with Gasteiger partial charge in [-0.15, -0.1) is 0 Å². The lowest BCUT2D eigenvalue weighted by Crippen LogP contribution is -2.68. The number of nitrogens with one attached hydrogen (secondary N) is 1. The van der Waals surface area contributed by atoms with Crippen molar-refractivity contribution in [2.75, 3.05) is 26.9 Å². The molecule has 7 aliphatic rings. The van der Waals surface area contributed by atoms with Crippen LogP contribution in [0.1, 0.15) is 77.2 Å². The van der Waals surface area contributed by atoms with Gasteiger partial charge in [-0.3, -0.25) is 4.79 Å². The number of methoxy groups -OCH3 is 1. The van der Waals surface area contributed by atoms with Crippen molar-refractivity contribution in [1.82, 2.24) is 5.32 Å². The zero-order valence-corrected chi connectivity index (χ0v) is 38.8. The van der Waals surface area contributed by atoms with Gasteiger partial charge in [0.25, 0.3) is 0 Å². The molecule has 0 unspecified atom stereocenters. The highest BCUT2D eigenvalue weighted by Crippen LogP contribution is 2.73. The number of rotatable bonds is 14. The van der Waals surface area contributed by atoms with Crippen LogP contribution < -0.4 is 5.32 Å². The Balaban J connectivity index is 1.07. The predicted molar refractivity (Wildman–Crippen MR) is 233 cm³/mol. The van der Waals surface area contributed by atoms with E-state index in [-0.39, 0.29) is 35.0 Å². The first kappa shape index (κ1) is 51.6. The second-order valence-electron chi connectivity index (χ2n) is 20.9. The number of aliphatic hydroxyl groups is 10. The quantitative estimate of drug-likeness (QED) is 0.0571. The molecule has 382 valence electrons. The molecule has 4 saturated carbocycles. The third kappa shape index (κ3) is 8.98. The fourth-order valence-corrected chi connectivity index (χ4v) is 13.6. The molecule has 1 spiro atoms. The summed E-state index contributed by atoms with van der Waals surface area (Å²) in [5, 5.41) is 110. The monoisotopic (exact) mass is 965 g/mol. The van der Waals surface area contributed by atoms with E-state index in [1.54, 1.807) is 0 Å². The molecule has 11 N–H and O–H groups in total. The van der Waals surface area contributed by atoms with Crippen molar-refractivity contribution in [3.63, 3.8) is 0 Å². The average Bonchev–Trinajstić information content (AvgIpc) is 3.52. The minimum atomic E-state index is -1.93. The summed E-state index contributed by atoms with van der Waals surface area (Å²) in [5.41, 5.74) is -0.861. The topological polar surface area (TPSA) is 313 Å². The molecule has 68 heavy (non-hydrogen) atoms. The van der Waals surface area contributed by atoms with Gasteiger partial charge in [0, 0.05) is 11.8 Å². The molecule has 7 fully saturated rings. The molecular formula is C48H71NO19. The van der Waals surface area contributed by atoms with Crippen molar-refractivity contribution < 1.29 is 93.8 Å². The molecule has 0 radical (unpaired) electrons. The molecule has 1 amide bonds. The van der Waals surface area contributed by atoms with Gasteiger partial charge in [0.2, 0.25) is 5.91 Å². The fraction of sp³-hybridized carbons (Fsp3) is 0.792. The second-order valence-corrected chi connectivity index (χ2v) is 20.9. The third-order valence-electron chi connectivity index (χ3n) is 17.1. The molecule has 2 bridgehead atoms. The van der Waals surface area contributed by atoms with E-state index in [2.05, 4.69) is 18.8 Å². The van der Waals surface area contributed by atoms with Crippen molar-refractivity contribution in [3.8, 4) is 0 Å². The molecule has 3 aliphatic heterocycles. The van der Waals surface area contributed by atoms with Crippen LogP contribution in [0.4, 0.5) is 0 Å². The van der Waals surface area contributed by atoms with Crippen molar-refractivity contribution >= 4 is 11.9 Å². The van der Waals surface area contributed by atoms with Crippen molar-refractivity contribution in [2.24, 2.45) is 28.1 Å². The molecule has 8 rings (SSSR count). The molecular weight excluding hydrogens is 895 g/mol. The first-order valence-corrected chi connectivity index (χ1v) is 24.0. The van der Waals surface area contributed by atoms with Gasteiger partial charge < -0.3 is 89.5 Å². The Morgan fingerprint density at radius 2 is 1.28 bits per heavy atom. The Kier molecular flexibility index (Phi) is 15.2. The standard InChI is InChI=1S/C48H71NO19/c1-23-18-47-15-11-29-45(2,13-8-14-46(29,3)44(61)49-25(40(60)62-4)17-24-9-6-5-7-10-24)30(47)12-16-48(23,22-47)68-43-39(67-42-37(59)35(57)32(54)27(20-51)64-42)38(33(55)28(21-52)65-43)66-41-36(58)34(56)31(53)26(19-50)63-41/h5-7,9-10,25-39,41-43,50-59H,1,8,11-22H2,2-4H3,(H,49,61)/t25-,26-,27-,28-,29+,30+,31-,32-,33-,34+,35+,36-,37-,38+,39-,41+,42+,43+,45-,46-,47-,48+/m1/s1. The van der Waals surface area contributed by atoms with Crippen LogP contribution in [0.15, 0.2) is 42.5 Å². The lowest BCUT2D eigenvalue weighted by molar-refractivity contribution is -0.400. The number of esters is 1. The Hall–Kier alpha value is -2.74. The Labute approximate surface area is 395 Å². The van der Waals surface area contributed by atoms with Gasteiger partial charge in [-0.05, 0) is 85.2 Å². The van der Waals surface area contributed by atoms with Gasteiger partial charge in [0.05, 0.1) is 32.5 Å². The van der Waals surface area contributed by atoms with Gasteiger partial charge in [-0.2, -0.15) is 0 Å². The SMILES string of the molecule is C=C1C[C@@]23CC[C@H]4[C@@](C)(CCC[C@@]4(C)C(=O)N[C@H](Cc4ccccc4)C(=O)OC)[C@@H]2CC[C@]1(O[C@@H]1O[C@H](CO)[C@@H](O)[C@H](O[C@@H]2O[C@H](CO)[C@@H](O)[C@H](O)[C@H]2O)[C@H]1O[C@@H]1O[C@H](CO)[C@@H](O)[C@H](O)[C@H]1O)C3. The number of amides is 1. The van der Waals surface area contributed by atoms with E-state index in [1.165, 1.54) is 7.11 Å². The van der Waals surface area contributed by atoms with Crippen LogP contribution in [0.2, 0.25) is 0 Å². The molecule has 1 aromatic carbocycles. The summed E-state index contributed by atoms with van der Waals surface area (Å²) in [7, 11) is 1.31. The number of benzene rings is 1. The maximum Gasteiger partial charge on any atom is 0.328 e. The molecule has 20 nitrogen and oxygen atoms in total. The first-order chi connectivity index (χ1) is 32.3. The number of carbonyl (C=O) groups is 2. The van der Waals surface area contributed by atoms with Crippen molar-refractivity contribution in [2.45, 2.75) is 182 Å². The first-order valence-electron chi connectivity index (χ1n) is 24.0. The van der Waals surface area contributed by atoms with Crippen molar-refractivity contribution in [1.29, 1.82) is 0 Å². The van der Waals surface area contributed by atoms with Gasteiger partial charge in [-0.25, -0.2) is 4.79 Å². The van der Waals surface area contributed by atoms with Crippen LogP contribution in [0.3, 0.4) is 0 Å². The molecule has 22 atom stereocenters. The van der Waals surface area contributed by atoms with E-state index in [0.717, 1.165) is 30.4 Å². The highest BCUT2D eigenvalue weighted by atomic mass is 16.8. The molecule has 4 aliphatic carbocycles. The van der Waals surface area contributed by atoms with E-state index in [4.69, 9.17) is 33.2 Å². The minimum absolute atomic E-state index is 0.0261. The lowest BCUT2D eigenvalue weighted by atomic mass is 9.40. The minimum Gasteiger partial charge on any atom is -0.467 e. The van der Waals surface area contributed by atoms with Gasteiger partial charge in [0.15, 0.2) is 18.9 Å². The molecule has 1 aromatic rings. The number of hydrogen-bond donors (Lipinski definition) is 11. The van der Waals surface area contributed by atoms with E-state index < -0.39 is 135 Å². The van der Waals surface area contributed by atoms with Gasteiger partial charge in [0.1, 0.15) is 79.3 Å². The zero-order chi connectivity index (χ0) is 49.1. The summed E-state index contributed by atoms with van der Waals surface area (Å²) in [6, 6.07) is 8.59. The summed E-state index contributed by atoms with van der Waals surface area (Å²) < 4.78 is 42.2. The summed E-state index contributed by atoms with van der Waals surface area (Å²) in [6.45, 7) is 6.51. The second kappa shape index (κ2) is 20.0. The molecule has 3 saturated heterocycles. The predicted octanol–water partition coefficient (Wildman–Crippen LogP) is -1.56. The largest absolute Gasteiger partial charge is 0.467 e. The highest BCUT2D eigenvalue weighted by molar-refractivity contribution is 5.88. The Morgan fingerprint density at radius 1 is 0.721 bits per heavy atom. The number of fused-ring (bicyclic) bond motifs is 3. The van der Waals surface area contributed by atoms with E-state index in [9.17, 15) is 60.7 Å². The maximum atomic E-state index is 14.6. The fourth-order valence-electron chi connectivity index (χ4n) is 13.6. The summed E-state index contributed by atoms with van der Waals surface area (Å²) in [5.74, 6) is -0.599. The number of carbonyl (C=O) groups excluding carboxylic acids is 2. The van der Waals surface area contributed by atoms with Crippen molar-refractivity contribution in [3.05, 3.63) is 48.0 Å². The summed E-state index contributed by atoms with van der Waals surface area (Å²) in [6.07, 6.45) is -19.5. The lowest BCUT2D eigenvalue weighted by Gasteiger charge is -2.64. The zero-order valence-electron chi connectivity index (χ0n) is 38.8.